The highest BCUT2D eigenvalue weighted by atomic mass is 16.2. The van der Waals surface area contributed by atoms with Gasteiger partial charge >= 0.3 is 6.03 Å². The summed E-state index contributed by atoms with van der Waals surface area (Å²) < 4.78 is 1.77. The second-order valence-electron chi connectivity index (χ2n) is 6.86. The Labute approximate surface area is 147 Å². The molecule has 25 heavy (non-hydrogen) atoms. The summed E-state index contributed by atoms with van der Waals surface area (Å²) in [6, 6.07) is 8.50. The lowest BCUT2D eigenvalue weighted by Crippen LogP contribution is -2.46. The van der Waals surface area contributed by atoms with Gasteiger partial charge in [-0.3, -0.25) is 15.0 Å². The molecule has 2 fully saturated rings. The number of hydrogen-bond donors (Lipinski definition) is 2. The summed E-state index contributed by atoms with van der Waals surface area (Å²) in [5, 5.41) is 10.3. The monoisotopic (exact) mass is 340 g/mol. The van der Waals surface area contributed by atoms with Crippen LogP contribution in [0.1, 0.15) is 31.4 Å². The molecule has 4 rings (SSSR count). The quantitative estimate of drug-likeness (QED) is 0.874. The van der Waals surface area contributed by atoms with Gasteiger partial charge in [-0.1, -0.05) is 6.07 Å². The summed E-state index contributed by atoms with van der Waals surface area (Å²) in [6.45, 7) is 2.77. The molecule has 3 heterocycles. The van der Waals surface area contributed by atoms with E-state index in [1.165, 1.54) is 12.8 Å². The third-order valence-corrected chi connectivity index (χ3v) is 4.86. The summed E-state index contributed by atoms with van der Waals surface area (Å²) in [4.78, 5) is 19.0. The Morgan fingerprint density at radius 2 is 2.00 bits per heavy atom. The number of pyridine rings is 1. The van der Waals surface area contributed by atoms with Crippen LogP contribution in [0.2, 0.25) is 0 Å². The molecule has 0 aromatic carbocycles. The van der Waals surface area contributed by atoms with Gasteiger partial charge in [0, 0.05) is 43.6 Å². The van der Waals surface area contributed by atoms with Gasteiger partial charge in [0.2, 0.25) is 0 Å². The molecule has 1 aliphatic carbocycles. The zero-order valence-corrected chi connectivity index (χ0v) is 14.3. The maximum Gasteiger partial charge on any atom is 0.320 e. The smallest absolute Gasteiger partial charge is 0.320 e. The molecule has 1 aliphatic heterocycles. The highest BCUT2D eigenvalue weighted by Crippen LogP contribution is 2.29. The van der Waals surface area contributed by atoms with Crippen molar-refractivity contribution < 1.29 is 4.79 Å². The zero-order valence-electron chi connectivity index (χ0n) is 14.3. The highest BCUT2D eigenvalue weighted by Gasteiger charge is 2.32. The molecule has 0 atom stereocenters. The van der Waals surface area contributed by atoms with E-state index in [4.69, 9.17) is 0 Å². The molecule has 0 bridgehead atoms. The Hall–Kier alpha value is -2.41. The lowest BCUT2D eigenvalue weighted by atomic mass is 10.1. The fourth-order valence-electron chi connectivity index (χ4n) is 3.36. The van der Waals surface area contributed by atoms with Gasteiger partial charge < -0.3 is 10.2 Å². The predicted octanol–water partition coefficient (Wildman–Crippen LogP) is 2.07. The van der Waals surface area contributed by atoms with E-state index in [1.807, 2.05) is 24.4 Å². The fourth-order valence-corrected chi connectivity index (χ4v) is 3.36. The summed E-state index contributed by atoms with van der Waals surface area (Å²) in [5.41, 5.74) is 0.934. The van der Waals surface area contributed by atoms with E-state index in [0.717, 1.165) is 37.7 Å². The van der Waals surface area contributed by atoms with Gasteiger partial charge in [-0.2, -0.15) is 5.10 Å². The van der Waals surface area contributed by atoms with Crippen molar-refractivity contribution in [3.05, 3.63) is 42.4 Å². The molecule has 7 nitrogen and oxygen atoms in total. The van der Waals surface area contributed by atoms with Gasteiger partial charge in [-0.15, -0.1) is 0 Å². The number of nitrogens with one attached hydrogen (secondary N) is 2. The molecule has 132 valence electrons. The molecular weight excluding hydrogens is 316 g/mol. The molecule has 7 heteroatoms. The molecule has 1 saturated carbocycles. The lowest BCUT2D eigenvalue weighted by Gasteiger charge is -2.32. The molecular formula is C18H24N6O. The Balaban J connectivity index is 1.24. The van der Waals surface area contributed by atoms with Crippen LogP contribution in [-0.2, 0) is 6.54 Å². The van der Waals surface area contributed by atoms with Crippen molar-refractivity contribution in [3.63, 3.8) is 0 Å². The molecule has 2 aliphatic rings. The van der Waals surface area contributed by atoms with Crippen LogP contribution in [0, 0.1) is 0 Å². The Kier molecular flexibility index (Phi) is 4.65. The van der Waals surface area contributed by atoms with Crippen molar-refractivity contribution in [3.8, 4) is 0 Å². The van der Waals surface area contributed by atoms with Crippen LogP contribution in [-0.4, -0.2) is 50.9 Å². The second kappa shape index (κ2) is 7.23. The standard InChI is InChI=1S/C18H24N6O/c25-18(20-14-6-10-23(11-7-14)16-4-5-16)21-17-8-12-24(22-17)13-15-3-1-2-9-19-15/h1-3,8-9,12,14,16H,4-7,10-11,13H2,(H2,20,21,22,25). The first-order valence-electron chi connectivity index (χ1n) is 9.01. The van der Waals surface area contributed by atoms with Crippen LogP contribution in [0.5, 0.6) is 0 Å². The third kappa shape index (κ3) is 4.36. The van der Waals surface area contributed by atoms with Crippen LogP contribution in [0.4, 0.5) is 10.6 Å². The van der Waals surface area contributed by atoms with Crippen LogP contribution >= 0.6 is 0 Å². The van der Waals surface area contributed by atoms with Crippen LogP contribution < -0.4 is 10.6 Å². The summed E-state index contributed by atoms with van der Waals surface area (Å²) >= 11 is 0. The number of aromatic nitrogens is 3. The maximum atomic E-state index is 12.2. The highest BCUT2D eigenvalue weighted by molar-refractivity contribution is 5.88. The summed E-state index contributed by atoms with van der Waals surface area (Å²) in [5.74, 6) is 0.559. The van der Waals surface area contributed by atoms with Gasteiger partial charge in [0.05, 0.1) is 12.2 Å². The number of nitrogens with zero attached hydrogens (tertiary/aromatic N) is 4. The van der Waals surface area contributed by atoms with Gasteiger partial charge in [-0.25, -0.2) is 4.79 Å². The van der Waals surface area contributed by atoms with Crippen molar-refractivity contribution in [2.45, 2.75) is 44.3 Å². The first-order chi connectivity index (χ1) is 12.3. The predicted molar refractivity (Wildman–Crippen MR) is 95.3 cm³/mol. The minimum atomic E-state index is -0.173. The molecule has 0 radical (unpaired) electrons. The lowest BCUT2D eigenvalue weighted by molar-refractivity contribution is 0.189. The average Bonchev–Trinajstić information content (AvgIpc) is 3.38. The molecule has 2 N–H and O–H groups in total. The maximum absolute atomic E-state index is 12.2. The van der Waals surface area contributed by atoms with E-state index < -0.39 is 0 Å². The van der Waals surface area contributed by atoms with E-state index in [9.17, 15) is 4.79 Å². The number of carbonyl (C=O) groups excluding carboxylic acids is 1. The van der Waals surface area contributed by atoms with E-state index in [1.54, 1.807) is 16.9 Å². The van der Waals surface area contributed by atoms with E-state index in [2.05, 4.69) is 25.6 Å². The minimum absolute atomic E-state index is 0.173. The van der Waals surface area contributed by atoms with Gasteiger partial charge in [0.15, 0.2) is 5.82 Å². The normalized spacial score (nSPS) is 18.9. The molecule has 2 aromatic heterocycles. The number of carbonyl (C=O) groups is 1. The zero-order chi connectivity index (χ0) is 17.1. The van der Waals surface area contributed by atoms with Crippen molar-refractivity contribution in [1.29, 1.82) is 0 Å². The Morgan fingerprint density at radius 3 is 2.72 bits per heavy atom. The molecule has 2 amide bonds. The molecule has 0 unspecified atom stereocenters. The molecule has 1 saturated heterocycles. The van der Waals surface area contributed by atoms with E-state index >= 15 is 0 Å². The van der Waals surface area contributed by atoms with Crippen LogP contribution in [0.25, 0.3) is 0 Å². The van der Waals surface area contributed by atoms with Crippen LogP contribution in [0.3, 0.4) is 0 Å². The third-order valence-electron chi connectivity index (χ3n) is 4.86. The second-order valence-corrected chi connectivity index (χ2v) is 6.86. The number of likely N-dealkylation sites (tertiary alicyclic amines) is 1. The molecule has 0 spiro atoms. The first kappa shape index (κ1) is 16.1. The Bertz CT molecular complexity index is 703. The largest absolute Gasteiger partial charge is 0.335 e. The number of urea groups is 1. The van der Waals surface area contributed by atoms with Gasteiger partial charge in [0.25, 0.3) is 0 Å². The SMILES string of the molecule is O=C(Nc1ccn(Cc2ccccn2)n1)NC1CCN(C2CC2)CC1. The fraction of sp³-hybridized carbons (Fsp3) is 0.500. The van der Waals surface area contributed by atoms with Crippen molar-refractivity contribution in [1.82, 2.24) is 25.0 Å². The van der Waals surface area contributed by atoms with Crippen molar-refractivity contribution >= 4 is 11.8 Å². The van der Waals surface area contributed by atoms with Crippen LogP contribution in [0.15, 0.2) is 36.7 Å². The average molecular weight is 340 g/mol. The first-order valence-corrected chi connectivity index (χ1v) is 9.01. The minimum Gasteiger partial charge on any atom is -0.335 e. The Morgan fingerprint density at radius 1 is 1.16 bits per heavy atom. The van der Waals surface area contributed by atoms with Crippen molar-refractivity contribution in [2.24, 2.45) is 0 Å². The topological polar surface area (TPSA) is 75.1 Å². The number of anilines is 1. The number of amides is 2. The van der Waals surface area contributed by atoms with Gasteiger partial charge in [0.1, 0.15) is 0 Å². The summed E-state index contributed by atoms with van der Waals surface area (Å²) in [6.07, 6.45) is 8.36. The number of hydrogen-bond acceptors (Lipinski definition) is 4. The summed E-state index contributed by atoms with van der Waals surface area (Å²) in [7, 11) is 0. The van der Waals surface area contributed by atoms with E-state index in [-0.39, 0.29) is 12.1 Å². The van der Waals surface area contributed by atoms with Gasteiger partial charge in [-0.05, 0) is 37.8 Å². The number of rotatable bonds is 5. The molecule has 2 aromatic rings. The van der Waals surface area contributed by atoms with Crippen molar-refractivity contribution in [2.75, 3.05) is 18.4 Å². The van der Waals surface area contributed by atoms with E-state index in [0.29, 0.717) is 12.4 Å². The number of piperidine rings is 1.